The third-order valence-corrected chi connectivity index (χ3v) is 2.28. The number of hydrogen-bond donors (Lipinski definition) is 1. The highest BCUT2D eigenvalue weighted by Gasteiger charge is 2.17. The number of amides is 1. The Balaban J connectivity index is 2.40. The maximum absolute atomic E-state index is 11.5. The Morgan fingerprint density at radius 2 is 2.50 bits per heavy atom. The zero-order valence-electron chi connectivity index (χ0n) is 9.40. The van der Waals surface area contributed by atoms with Crippen LogP contribution in [0.4, 0.5) is 0 Å². The summed E-state index contributed by atoms with van der Waals surface area (Å²) < 4.78 is 5.11. The summed E-state index contributed by atoms with van der Waals surface area (Å²) in [5.41, 5.74) is 0. The third-order valence-electron chi connectivity index (χ3n) is 2.28. The summed E-state index contributed by atoms with van der Waals surface area (Å²) in [4.78, 5) is 11.5. The van der Waals surface area contributed by atoms with Gasteiger partial charge in [-0.25, -0.2) is 0 Å². The molecule has 0 aliphatic heterocycles. The van der Waals surface area contributed by atoms with Gasteiger partial charge < -0.3 is 9.73 Å². The Hall–Kier alpha value is -1.76. The number of nitrogens with one attached hydrogen (secondary N) is 1. The minimum absolute atomic E-state index is 0.101. The van der Waals surface area contributed by atoms with E-state index in [1.54, 1.807) is 12.1 Å². The van der Waals surface area contributed by atoms with Gasteiger partial charge in [-0.15, -0.1) is 0 Å². The molecule has 1 aromatic rings. The number of unbranched alkanes of at least 4 members (excludes halogenated alkanes) is 1. The second-order valence-corrected chi connectivity index (χ2v) is 3.60. The average molecular weight is 220 g/mol. The molecule has 4 heteroatoms. The molecule has 1 aromatic heterocycles. The summed E-state index contributed by atoms with van der Waals surface area (Å²) in [6.07, 6.45) is 3.67. The van der Waals surface area contributed by atoms with Gasteiger partial charge >= 0.3 is 0 Å². The molecular formula is C12H16N2O2. The van der Waals surface area contributed by atoms with Gasteiger partial charge in [-0.1, -0.05) is 13.3 Å². The van der Waals surface area contributed by atoms with Crippen LogP contribution in [0.1, 0.15) is 37.9 Å². The molecule has 1 amide bonds. The third kappa shape index (κ3) is 3.77. The van der Waals surface area contributed by atoms with Crippen LogP contribution >= 0.6 is 0 Å². The van der Waals surface area contributed by atoms with Gasteiger partial charge in [0.25, 0.3) is 0 Å². The van der Waals surface area contributed by atoms with Crippen molar-refractivity contribution < 1.29 is 9.21 Å². The van der Waals surface area contributed by atoms with Gasteiger partial charge in [0.15, 0.2) is 0 Å². The van der Waals surface area contributed by atoms with E-state index in [1.807, 2.05) is 0 Å². The van der Waals surface area contributed by atoms with Crippen LogP contribution in [0.2, 0.25) is 0 Å². The molecule has 1 N–H and O–H groups in total. The highest BCUT2D eigenvalue weighted by Crippen LogP contribution is 2.18. The topological polar surface area (TPSA) is 66.0 Å². The van der Waals surface area contributed by atoms with Crippen molar-refractivity contribution in [2.75, 3.05) is 6.54 Å². The maximum Gasteiger partial charge on any atom is 0.221 e. The standard InChI is InChI=1S/C12H16N2O2/c1-2-3-6-14-12(15)8-10(9-13)11-5-4-7-16-11/h4-5,7,10H,2-3,6,8H2,1H3,(H,14,15). The molecule has 0 fully saturated rings. The van der Waals surface area contributed by atoms with Crippen molar-refractivity contribution in [2.45, 2.75) is 32.1 Å². The number of hydrogen-bond acceptors (Lipinski definition) is 3. The molecule has 0 aliphatic carbocycles. The number of nitrogens with zero attached hydrogens (tertiary/aromatic N) is 1. The molecule has 0 bridgehead atoms. The molecule has 0 saturated carbocycles. The Morgan fingerprint density at radius 1 is 1.69 bits per heavy atom. The Morgan fingerprint density at radius 3 is 3.06 bits per heavy atom. The van der Waals surface area contributed by atoms with E-state index in [0.717, 1.165) is 12.8 Å². The quantitative estimate of drug-likeness (QED) is 0.747. The van der Waals surface area contributed by atoms with Crippen molar-refractivity contribution in [3.05, 3.63) is 24.2 Å². The van der Waals surface area contributed by atoms with E-state index < -0.39 is 5.92 Å². The summed E-state index contributed by atoms with van der Waals surface area (Å²) >= 11 is 0. The van der Waals surface area contributed by atoms with Crippen molar-refractivity contribution >= 4 is 5.91 Å². The first-order valence-electron chi connectivity index (χ1n) is 5.47. The van der Waals surface area contributed by atoms with Gasteiger partial charge in [0.05, 0.1) is 12.3 Å². The maximum atomic E-state index is 11.5. The minimum Gasteiger partial charge on any atom is -0.468 e. The van der Waals surface area contributed by atoms with E-state index in [9.17, 15) is 4.79 Å². The van der Waals surface area contributed by atoms with Gasteiger partial charge in [-0.3, -0.25) is 4.79 Å². The van der Waals surface area contributed by atoms with Gasteiger partial charge in [-0.05, 0) is 18.6 Å². The molecule has 1 rings (SSSR count). The second kappa shape index (κ2) is 6.67. The first-order chi connectivity index (χ1) is 7.77. The summed E-state index contributed by atoms with van der Waals surface area (Å²) in [5.74, 6) is -0.0406. The molecule has 0 aromatic carbocycles. The fraction of sp³-hybridized carbons (Fsp3) is 0.500. The first kappa shape index (κ1) is 12.3. The van der Waals surface area contributed by atoms with Crippen LogP contribution < -0.4 is 5.32 Å². The molecule has 1 heterocycles. The van der Waals surface area contributed by atoms with E-state index in [2.05, 4.69) is 18.3 Å². The highest BCUT2D eigenvalue weighted by molar-refractivity contribution is 5.77. The van der Waals surface area contributed by atoms with E-state index >= 15 is 0 Å². The van der Waals surface area contributed by atoms with E-state index in [4.69, 9.17) is 9.68 Å². The Kier molecular flexibility index (Phi) is 5.13. The normalized spacial score (nSPS) is 11.8. The van der Waals surface area contributed by atoms with Crippen LogP contribution in [0.3, 0.4) is 0 Å². The van der Waals surface area contributed by atoms with Crippen LogP contribution in [0.25, 0.3) is 0 Å². The minimum atomic E-state index is -0.489. The van der Waals surface area contributed by atoms with Crippen LogP contribution in [0, 0.1) is 11.3 Å². The molecule has 0 radical (unpaired) electrons. The molecule has 0 spiro atoms. The molecule has 86 valence electrons. The number of nitriles is 1. The van der Waals surface area contributed by atoms with Crippen molar-refractivity contribution in [1.82, 2.24) is 5.32 Å². The molecule has 0 aliphatic rings. The average Bonchev–Trinajstić information content (AvgIpc) is 2.79. The summed E-state index contributed by atoms with van der Waals surface area (Å²) in [7, 11) is 0. The molecule has 1 atom stereocenters. The van der Waals surface area contributed by atoms with Crippen molar-refractivity contribution in [3.8, 4) is 6.07 Å². The Bertz CT molecular complexity index is 352. The highest BCUT2D eigenvalue weighted by atomic mass is 16.3. The second-order valence-electron chi connectivity index (χ2n) is 3.60. The lowest BCUT2D eigenvalue weighted by Crippen LogP contribution is -2.25. The van der Waals surface area contributed by atoms with E-state index in [-0.39, 0.29) is 12.3 Å². The predicted molar refractivity (Wildman–Crippen MR) is 59.6 cm³/mol. The lowest BCUT2D eigenvalue weighted by Gasteiger charge is -2.06. The first-order valence-corrected chi connectivity index (χ1v) is 5.47. The molecule has 0 saturated heterocycles. The molecule has 16 heavy (non-hydrogen) atoms. The van der Waals surface area contributed by atoms with Gasteiger partial charge in [0, 0.05) is 13.0 Å². The smallest absolute Gasteiger partial charge is 0.221 e. The summed E-state index contributed by atoms with van der Waals surface area (Å²) in [6.45, 7) is 2.73. The fourth-order valence-electron chi connectivity index (χ4n) is 1.36. The molecule has 4 nitrogen and oxygen atoms in total. The van der Waals surface area contributed by atoms with E-state index in [0.29, 0.717) is 12.3 Å². The van der Waals surface area contributed by atoms with Crippen molar-refractivity contribution in [2.24, 2.45) is 0 Å². The van der Waals surface area contributed by atoms with Crippen LogP contribution in [0.5, 0.6) is 0 Å². The van der Waals surface area contributed by atoms with Gasteiger partial charge in [0.1, 0.15) is 11.7 Å². The van der Waals surface area contributed by atoms with Crippen LogP contribution in [-0.2, 0) is 4.79 Å². The lowest BCUT2D eigenvalue weighted by atomic mass is 10.0. The zero-order chi connectivity index (χ0) is 11.8. The number of furan rings is 1. The number of carbonyl (C=O) groups is 1. The van der Waals surface area contributed by atoms with Gasteiger partial charge in [0.2, 0.25) is 5.91 Å². The SMILES string of the molecule is CCCCNC(=O)CC(C#N)c1ccco1. The fourth-order valence-corrected chi connectivity index (χ4v) is 1.36. The van der Waals surface area contributed by atoms with Crippen LogP contribution in [0.15, 0.2) is 22.8 Å². The van der Waals surface area contributed by atoms with E-state index in [1.165, 1.54) is 6.26 Å². The number of carbonyl (C=O) groups excluding carboxylic acids is 1. The lowest BCUT2D eigenvalue weighted by molar-refractivity contribution is -0.121. The molecular weight excluding hydrogens is 204 g/mol. The number of rotatable bonds is 6. The molecule has 1 unspecified atom stereocenters. The van der Waals surface area contributed by atoms with Crippen LogP contribution in [-0.4, -0.2) is 12.5 Å². The Labute approximate surface area is 95.2 Å². The van der Waals surface area contributed by atoms with Crippen molar-refractivity contribution in [3.63, 3.8) is 0 Å². The predicted octanol–water partition coefficient (Wildman–Crippen LogP) is 2.19. The largest absolute Gasteiger partial charge is 0.468 e. The monoisotopic (exact) mass is 220 g/mol. The van der Waals surface area contributed by atoms with Crippen molar-refractivity contribution in [1.29, 1.82) is 5.26 Å². The van der Waals surface area contributed by atoms with Gasteiger partial charge in [-0.2, -0.15) is 5.26 Å². The summed E-state index contributed by atoms with van der Waals surface area (Å²) in [5, 5.41) is 11.7. The zero-order valence-corrected chi connectivity index (χ0v) is 9.40. The summed E-state index contributed by atoms with van der Waals surface area (Å²) in [6, 6.07) is 5.50.